The summed E-state index contributed by atoms with van der Waals surface area (Å²) in [4.78, 5) is 10.5. The quantitative estimate of drug-likeness (QED) is 0.851. The lowest BCUT2D eigenvalue weighted by Gasteiger charge is -2.04. The zero-order valence-corrected chi connectivity index (χ0v) is 9.70. The van der Waals surface area contributed by atoms with Crippen molar-refractivity contribution < 1.29 is 9.90 Å². The first-order valence-corrected chi connectivity index (χ1v) is 5.03. The molecule has 0 fully saturated rings. The van der Waals surface area contributed by atoms with Crippen LogP contribution in [0.4, 0.5) is 0 Å². The van der Waals surface area contributed by atoms with Crippen molar-refractivity contribution in [3.8, 4) is 6.07 Å². The first kappa shape index (κ1) is 11.0. The van der Waals surface area contributed by atoms with E-state index < -0.39 is 5.97 Å². The smallest absolute Gasteiger partial charge is 0.307 e. The number of carbonyl (C=O) groups is 1. The largest absolute Gasteiger partial charge is 0.481 e. The number of hydrogen-bond donors (Lipinski definition) is 1. The SMILES string of the molecule is Cc1c(I)cc(CC(=O)O)cc1C#N. The van der Waals surface area contributed by atoms with Crippen molar-refractivity contribution in [3.63, 3.8) is 0 Å². The highest BCUT2D eigenvalue weighted by molar-refractivity contribution is 14.1. The first-order chi connectivity index (χ1) is 6.54. The zero-order valence-electron chi connectivity index (χ0n) is 7.54. The van der Waals surface area contributed by atoms with E-state index in [-0.39, 0.29) is 6.42 Å². The van der Waals surface area contributed by atoms with E-state index >= 15 is 0 Å². The minimum Gasteiger partial charge on any atom is -0.481 e. The monoisotopic (exact) mass is 301 g/mol. The molecule has 0 unspecified atom stereocenters. The topological polar surface area (TPSA) is 61.1 Å². The lowest BCUT2D eigenvalue weighted by molar-refractivity contribution is -0.136. The van der Waals surface area contributed by atoms with Gasteiger partial charge in [0.15, 0.2) is 0 Å². The second kappa shape index (κ2) is 4.42. The first-order valence-electron chi connectivity index (χ1n) is 3.95. The summed E-state index contributed by atoms with van der Waals surface area (Å²) in [6, 6.07) is 5.48. The van der Waals surface area contributed by atoms with Gasteiger partial charge in [-0.2, -0.15) is 5.26 Å². The van der Waals surface area contributed by atoms with E-state index in [9.17, 15) is 4.79 Å². The van der Waals surface area contributed by atoms with Crippen LogP contribution < -0.4 is 0 Å². The van der Waals surface area contributed by atoms with Crippen LogP contribution in [0.25, 0.3) is 0 Å². The Bertz CT molecular complexity index is 421. The molecular formula is C10H8INO2. The molecule has 0 aromatic heterocycles. The fourth-order valence-electron chi connectivity index (χ4n) is 1.13. The molecule has 0 aliphatic rings. The summed E-state index contributed by atoms with van der Waals surface area (Å²) in [5, 5.41) is 17.4. The third-order valence-corrected chi connectivity index (χ3v) is 3.00. The summed E-state index contributed by atoms with van der Waals surface area (Å²) in [7, 11) is 0. The van der Waals surface area contributed by atoms with Crippen molar-refractivity contribution in [1.29, 1.82) is 5.26 Å². The summed E-state index contributed by atoms with van der Waals surface area (Å²) in [5.74, 6) is -0.881. The molecule has 1 N–H and O–H groups in total. The average molecular weight is 301 g/mol. The Morgan fingerprint density at radius 3 is 2.79 bits per heavy atom. The van der Waals surface area contributed by atoms with Crippen LogP contribution in [0.15, 0.2) is 12.1 Å². The van der Waals surface area contributed by atoms with Crippen LogP contribution in [0, 0.1) is 21.8 Å². The van der Waals surface area contributed by atoms with Gasteiger partial charge in [-0.1, -0.05) is 0 Å². The Morgan fingerprint density at radius 1 is 1.64 bits per heavy atom. The second-order valence-corrected chi connectivity index (χ2v) is 4.09. The molecule has 0 saturated carbocycles. The summed E-state index contributed by atoms with van der Waals surface area (Å²) in [6.45, 7) is 1.85. The van der Waals surface area contributed by atoms with Crippen LogP contribution in [0.1, 0.15) is 16.7 Å². The number of nitrogens with zero attached hydrogens (tertiary/aromatic N) is 1. The predicted molar refractivity (Wildman–Crippen MR) is 60.0 cm³/mol. The Morgan fingerprint density at radius 2 is 2.29 bits per heavy atom. The molecule has 0 amide bonds. The lowest BCUT2D eigenvalue weighted by atomic mass is 10.0. The summed E-state index contributed by atoms with van der Waals surface area (Å²) in [5.41, 5.74) is 2.12. The number of carboxylic acid groups (broad SMARTS) is 1. The number of aliphatic carboxylic acids is 1. The number of carboxylic acids is 1. The molecule has 0 heterocycles. The van der Waals surface area contributed by atoms with Gasteiger partial charge in [0.25, 0.3) is 0 Å². The molecule has 1 aromatic rings. The van der Waals surface area contributed by atoms with Crippen molar-refractivity contribution in [2.45, 2.75) is 13.3 Å². The number of rotatable bonds is 2. The molecule has 4 heteroatoms. The van der Waals surface area contributed by atoms with Gasteiger partial charge >= 0.3 is 5.97 Å². The molecule has 3 nitrogen and oxygen atoms in total. The van der Waals surface area contributed by atoms with Crippen LogP contribution >= 0.6 is 22.6 Å². The van der Waals surface area contributed by atoms with E-state index in [1.54, 1.807) is 12.1 Å². The third kappa shape index (κ3) is 2.45. The van der Waals surface area contributed by atoms with Gasteiger partial charge < -0.3 is 5.11 Å². The predicted octanol–water partition coefficient (Wildman–Crippen LogP) is 2.10. The number of halogens is 1. The molecule has 0 bridgehead atoms. The molecule has 1 aromatic carbocycles. The fourth-order valence-corrected chi connectivity index (χ4v) is 1.82. The van der Waals surface area contributed by atoms with Crippen LogP contribution in [0.3, 0.4) is 0 Å². The zero-order chi connectivity index (χ0) is 10.7. The number of benzene rings is 1. The maximum absolute atomic E-state index is 10.5. The van der Waals surface area contributed by atoms with Gasteiger partial charge in [-0.05, 0) is 52.8 Å². The van der Waals surface area contributed by atoms with Crippen molar-refractivity contribution in [1.82, 2.24) is 0 Å². The average Bonchev–Trinajstić information content (AvgIpc) is 2.10. The van der Waals surface area contributed by atoms with Crippen LogP contribution in [0.5, 0.6) is 0 Å². The lowest BCUT2D eigenvalue weighted by Crippen LogP contribution is -2.01. The van der Waals surface area contributed by atoms with Crippen LogP contribution in [-0.4, -0.2) is 11.1 Å². The second-order valence-electron chi connectivity index (χ2n) is 2.93. The minimum atomic E-state index is -0.881. The van der Waals surface area contributed by atoms with Gasteiger partial charge in [0.2, 0.25) is 0 Å². The van der Waals surface area contributed by atoms with E-state index in [4.69, 9.17) is 10.4 Å². The van der Waals surface area contributed by atoms with Gasteiger partial charge in [0.05, 0.1) is 18.1 Å². The summed E-state index contributed by atoms with van der Waals surface area (Å²) in [6.07, 6.45) is -0.0367. The van der Waals surface area contributed by atoms with Gasteiger partial charge in [-0.15, -0.1) is 0 Å². The van der Waals surface area contributed by atoms with E-state index in [2.05, 4.69) is 28.7 Å². The Kier molecular flexibility index (Phi) is 3.47. The van der Waals surface area contributed by atoms with E-state index in [1.165, 1.54) is 0 Å². The molecule has 1 rings (SSSR count). The van der Waals surface area contributed by atoms with Gasteiger partial charge in [-0.25, -0.2) is 0 Å². The van der Waals surface area contributed by atoms with Gasteiger partial charge in [-0.3, -0.25) is 4.79 Å². The van der Waals surface area contributed by atoms with Crippen LogP contribution in [-0.2, 0) is 11.2 Å². The minimum absolute atomic E-state index is 0.0367. The maximum atomic E-state index is 10.5. The number of nitriles is 1. The molecule has 14 heavy (non-hydrogen) atoms. The Balaban J connectivity index is 3.18. The van der Waals surface area contributed by atoms with E-state index in [1.807, 2.05) is 6.92 Å². The normalized spacial score (nSPS) is 9.50. The molecule has 0 radical (unpaired) electrons. The highest BCUT2D eigenvalue weighted by Crippen LogP contribution is 2.18. The molecule has 72 valence electrons. The Hall–Kier alpha value is -1.09. The number of hydrogen-bond acceptors (Lipinski definition) is 2. The summed E-state index contributed by atoms with van der Waals surface area (Å²) >= 11 is 2.10. The van der Waals surface area contributed by atoms with Crippen molar-refractivity contribution >= 4 is 28.6 Å². The Labute approximate surface area is 95.5 Å². The fraction of sp³-hybridized carbons (Fsp3) is 0.200. The molecule has 0 atom stereocenters. The summed E-state index contributed by atoms with van der Waals surface area (Å²) < 4.78 is 0.929. The molecule has 0 saturated heterocycles. The molecular weight excluding hydrogens is 293 g/mol. The van der Waals surface area contributed by atoms with Crippen LogP contribution in [0.2, 0.25) is 0 Å². The van der Waals surface area contributed by atoms with Crippen molar-refractivity contribution in [2.24, 2.45) is 0 Å². The van der Waals surface area contributed by atoms with E-state index in [0.29, 0.717) is 11.1 Å². The highest BCUT2D eigenvalue weighted by atomic mass is 127. The molecule has 0 aliphatic heterocycles. The highest BCUT2D eigenvalue weighted by Gasteiger charge is 2.07. The van der Waals surface area contributed by atoms with E-state index in [0.717, 1.165) is 9.13 Å². The third-order valence-electron chi connectivity index (χ3n) is 1.88. The van der Waals surface area contributed by atoms with Crippen molar-refractivity contribution in [2.75, 3.05) is 0 Å². The molecule has 0 aliphatic carbocycles. The van der Waals surface area contributed by atoms with Gasteiger partial charge in [0.1, 0.15) is 0 Å². The molecule has 0 spiro atoms. The van der Waals surface area contributed by atoms with Crippen molar-refractivity contribution in [3.05, 3.63) is 32.4 Å². The standard InChI is InChI=1S/C10H8INO2/c1-6-8(5-12)2-7(3-9(6)11)4-10(13)14/h2-3H,4H2,1H3,(H,13,14). The maximum Gasteiger partial charge on any atom is 0.307 e. The van der Waals surface area contributed by atoms with Gasteiger partial charge in [0, 0.05) is 3.57 Å².